The molecule has 0 radical (unpaired) electrons. The van der Waals surface area contributed by atoms with Crippen LogP contribution in [0.4, 0.5) is 0 Å². The maximum Gasteiger partial charge on any atom is 0.240 e. The summed E-state index contributed by atoms with van der Waals surface area (Å²) < 4.78 is 13.8. The summed E-state index contributed by atoms with van der Waals surface area (Å²) in [7, 11) is -1.16. The molecule has 0 aromatic heterocycles. The molecule has 3 aromatic rings. The number of allylic oxidation sites excluding steroid dienone is 2. The molecule has 0 fully saturated rings. The van der Waals surface area contributed by atoms with E-state index in [4.69, 9.17) is 0 Å². The molecule has 33 heavy (non-hydrogen) atoms. The smallest absolute Gasteiger partial charge is 0.240 e. The Hall–Kier alpha value is -2.65. The van der Waals surface area contributed by atoms with Crippen LogP contribution < -0.4 is 10.9 Å². The Morgan fingerprint density at radius 2 is 1.12 bits per heavy atom. The summed E-state index contributed by atoms with van der Waals surface area (Å²) in [5, 5.41) is -0.141. The second kappa shape index (κ2) is 9.31. The summed E-state index contributed by atoms with van der Waals surface area (Å²) >= 11 is 0. The fourth-order valence-corrected chi connectivity index (χ4v) is 6.91. The molecule has 4 rings (SSSR count). The Morgan fingerprint density at radius 3 is 1.58 bits per heavy atom. The molecule has 1 nitrogen and oxygen atoms in total. The fraction of sp³-hybridized carbons (Fsp3) is 0.267. The molecule has 0 bridgehead atoms. The van der Waals surface area contributed by atoms with Crippen molar-refractivity contribution in [1.29, 1.82) is 0 Å². The van der Waals surface area contributed by atoms with Crippen molar-refractivity contribution in [1.82, 2.24) is 0 Å². The molecule has 0 heterocycles. The van der Waals surface area contributed by atoms with E-state index in [1.54, 1.807) is 0 Å². The maximum atomic E-state index is 13.8. The van der Waals surface area contributed by atoms with Gasteiger partial charge in [0.2, 0.25) is 6.71 Å². The van der Waals surface area contributed by atoms with Gasteiger partial charge in [-0.1, -0.05) is 110 Å². The fourth-order valence-electron chi connectivity index (χ4n) is 5.52. The van der Waals surface area contributed by atoms with Gasteiger partial charge in [0.25, 0.3) is 0 Å². The third-order valence-electron chi connectivity index (χ3n) is 6.77. The van der Waals surface area contributed by atoms with E-state index < -0.39 is 10.8 Å². The van der Waals surface area contributed by atoms with Crippen molar-refractivity contribution in [3.63, 3.8) is 0 Å². The second-order valence-corrected chi connectivity index (χ2v) is 11.2. The molecule has 2 atom stereocenters. The van der Waals surface area contributed by atoms with Crippen molar-refractivity contribution in [2.45, 2.75) is 58.6 Å². The normalized spacial score (nSPS) is 16.1. The quantitative estimate of drug-likeness (QED) is 0.456. The molecule has 0 spiro atoms. The molecule has 1 aliphatic rings. The minimum absolute atomic E-state index is 0.0700. The zero-order valence-corrected chi connectivity index (χ0v) is 21.6. The molecule has 2 unspecified atom stereocenters. The van der Waals surface area contributed by atoms with Crippen LogP contribution in [-0.4, -0.2) is 16.2 Å². The van der Waals surface area contributed by atoms with Gasteiger partial charge >= 0.3 is 0 Å². The summed E-state index contributed by atoms with van der Waals surface area (Å²) in [5.41, 5.74) is 12.8. The monoisotopic (exact) mass is 452 g/mol. The Morgan fingerprint density at radius 1 is 0.667 bits per heavy atom. The number of hydrogen-bond acceptors (Lipinski definition) is 1. The molecule has 0 saturated heterocycles. The average Bonchev–Trinajstić information content (AvgIpc) is 3.20. The highest BCUT2D eigenvalue weighted by atomic mass is 32.2. The SMILES string of the molecule is Cc1ccc(S(=O)C2C=CC=C2B(c2c(C)cc(C)cc2C)c2c(C)cc(C)cc2C)cc1. The van der Waals surface area contributed by atoms with Crippen molar-refractivity contribution in [3.8, 4) is 0 Å². The highest BCUT2D eigenvalue weighted by Gasteiger charge is 2.36. The number of rotatable bonds is 5. The largest absolute Gasteiger partial charge is 0.253 e. The molecule has 0 amide bonds. The molecule has 1 aliphatic carbocycles. The maximum absolute atomic E-state index is 13.8. The Labute approximate surface area is 202 Å². The van der Waals surface area contributed by atoms with Crippen LogP contribution in [0, 0.1) is 48.5 Å². The van der Waals surface area contributed by atoms with Crippen LogP contribution in [0.25, 0.3) is 0 Å². The summed E-state index contributed by atoms with van der Waals surface area (Å²) in [6.45, 7) is 15.3. The summed E-state index contributed by atoms with van der Waals surface area (Å²) in [6.07, 6.45) is 6.42. The molecular formula is C30H33BOS. The second-order valence-electron chi connectivity index (χ2n) is 9.64. The van der Waals surface area contributed by atoms with Gasteiger partial charge in [-0.25, -0.2) is 0 Å². The number of benzene rings is 3. The third-order valence-corrected chi connectivity index (χ3v) is 8.40. The van der Waals surface area contributed by atoms with Crippen molar-refractivity contribution < 1.29 is 4.21 Å². The van der Waals surface area contributed by atoms with Crippen LogP contribution in [-0.2, 0) is 10.8 Å². The minimum Gasteiger partial charge on any atom is -0.253 e. The van der Waals surface area contributed by atoms with Crippen LogP contribution >= 0.6 is 0 Å². The standard InChI is InChI=1S/C30H33BOS/c1-19-11-13-26(14-12-19)33(32)28-10-8-9-27(28)31(29-22(4)15-20(2)16-23(29)5)30-24(6)17-21(3)18-25(30)7/h8-18,28H,1-7H3. The van der Waals surface area contributed by atoms with E-state index in [0.717, 1.165) is 4.90 Å². The topological polar surface area (TPSA) is 17.1 Å². The van der Waals surface area contributed by atoms with E-state index in [9.17, 15) is 4.21 Å². The Balaban J connectivity index is 1.91. The van der Waals surface area contributed by atoms with Crippen molar-refractivity contribution in [2.24, 2.45) is 0 Å². The van der Waals surface area contributed by atoms with Crippen LogP contribution in [0.1, 0.15) is 38.9 Å². The first kappa shape index (κ1) is 23.5. The van der Waals surface area contributed by atoms with Gasteiger partial charge < -0.3 is 0 Å². The first-order valence-electron chi connectivity index (χ1n) is 11.7. The van der Waals surface area contributed by atoms with Gasteiger partial charge in [-0.3, -0.25) is 4.21 Å². The third kappa shape index (κ3) is 4.57. The lowest BCUT2D eigenvalue weighted by Gasteiger charge is -2.28. The van der Waals surface area contributed by atoms with Gasteiger partial charge in [0.15, 0.2) is 0 Å². The highest BCUT2D eigenvalue weighted by Crippen LogP contribution is 2.27. The molecule has 3 heteroatoms. The molecule has 3 aromatic carbocycles. The molecule has 0 saturated carbocycles. The van der Waals surface area contributed by atoms with Crippen molar-refractivity contribution in [3.05, 3.63) is 111 Å². The van der Waals surface area contributed by atoms with Crippen LogP contribution in [0.5, 0.6) is 0 Å². The van der Waals surface area contributed by atoms with Crippen LogP contribution in [0.3, 0.4) is 0 Å². The molecular weight excluding hydrogens is 419 g/mol. The van der Waals surface area contributed by atoms with E-state index in [-0.39, 0.29) is 12.0 Å². The van der Waals surface area contributed by atoms with Gasteiger partial charge in [-0.15, -0.1) is 0 Å². The van der Waals surface area contributed by atoms with Crippen molar-refractivity contribution in [2.75, 3.05) is 0 Å². The van der Waals surface area contributed by atoms with Gasteiger partial charge in [0.1, 0.15) is 0 Å². The number of hydrogen-bond donors (Lipinski definition) is 0. The summed E-state index contributed by atoms with van der Waals surface area (Å²) in [5.74, 6) is 0. The van der Waals surface area contributed by atoms with Gasteiger partial charge in [0.05, 0.1) is 16.0 Å². The molecule has 0 aliphatic heterocycles. The van der Waals surface area contributed by atoms with E-state index in [2.05, 4.69) is 103 Å². The van der Waals surface area contributed by atoms with Gasteiger partial charge in [0, 0.05) is 4.90 Å². The van der Waals surface area contributed by atoms with Crippen molar-refractivity contribution >= 4 is 28.4 Å². The van der Waals surface area contributed by atoms with Gasteiger partial charge in [-0.05, 0) is 60.6 Å². The average molecular weight is 452 g/mol. The van der Waals surface area contributed by atoms with E-state index in [1.807, 2.05) is 12.1 Å². The zero-order chi connectivity index (χ0) is 23.9. The lowest BCUT2D eigenvalue weighted by molar-refractivity contribution is 0.681. The predicted molar refractivity (Wildman–Crippen MR) is 145 cm³/mol. The lowest BCUT2D eigenvalue weighted by atomic mass is 9.33. The lowest BCUT2D eigenvalue weighted by Crippen LogP contribution is -2.51. The minimum atomic E-state index is -1.16. The Kier molecular flexibility index (Phi) is 6.63. The van der Waals surface area contributed by atoms with Gasteiger partial charge in [-0.2, -0.15) is 0 Å². The number of aryl methyl sites for hydroxylation is 7. The highest BCUT2D eigenvalue weighted by molar-refractivity contribution is 7.86. The summed E-state index contributed by atoms with van der Waals surface area (Å²) in [6, 6.07) is 17.2. The van der Waals surface area contributed by atoms with E-state index >= 15 is 0 Å². The van der Waals surface area contributed by atoms with Crippen LogP contribution in [0.2, 0.25) is 0 Å². The molecule has 168 valence electrons. The summed E-state index contributed by atoms with van der Waals surface area (Å²) in [4.78, 5) is 0.886. The Bertz CT molecular complexity index is 1190. The zero-order valence-electron chi connectivity index (χ0n) is 20.8. The predicted octanol–water partition coefficient (Wildman–Crippen LogP) is 5.67. The van der Waals surface area contributed by atoms with E-state index in [0.29, 0.717) is 0 Å². The first-order valence-corrected chi connectivity index (χ1v) is 12.9. The molecule has 0 N–H and O–H groups in total. The van der Waals surface area contributed by atoms with E-state index in [1.165, 1.54) is 55.3 Å². The first-order chi connectivity index (χ1) is 15.7. The van der Waals surface area contributed by atoms with Crippen LogP contribution in [0.15, 0.2) is 77.1 Å².